The third-order valence-electron chi connectivity index (χ3n) is 4.74. The molecule has 6 heteroatoms. The van der Waals surface area contributed by atoms with E-state index in [1.54, 1.807) is 15.8 Å². The van der Waals surface area contributed by atoms with Gasteiger partial charge in [0.2, 0.25) is 0 Å². The van der Waals surface area contributed by atoms with E-state index >= 15 is 0 Å². The van der Waals surface area contributed by atoms with E-state index in [0.29, 0.717) is 28.2 Å². The first-order valence-corrected chi connectivity index (χ1v) is 10.2. The molecular formula is C21H25N3O2S. The lowest BCUT2D eigenvalue weighted by Crippen LogP contribution is -2.30. The third-order valence-corrected chi connectivity index (χ3v) is 5.93. The van der Waals surface area contributed by atoms with Crippen molar-refractivity contribution in [1.82, 2.24) is 9.55 Å². The lowest BCUT2D eigenvalue weighted by atomic mass is 10.1. The molecule has 5 nitrogen and oxygen atoms in total. The van der Waals surface area contributed by atoms with Crippen LogP contribution in [-0.4, -0.2) is 22.0 Å². The van der Waals surface area contributed by atoms with Crippen molar-refractivity contribution in [3.63, 3.8) is 0 Å². The van der Waals surface area contributed by atoms with Gasteiger partial charge in [0.25, 0.3) is 11.5 Å². The number of benzene rings is 1. The molecule has 0 fully saturated rings. The number of unbranched alkanes of at least 4 members (excludes halogenated alkanes) is 1. The molecule has 0 radical (unpaired) electrons. The highest BCUT2D eigenvalue weighted by molar-refractivity contribution is 7.20. The summed E-state index contributed by atoms with van der Waals surface area (Å²) in [7, 11) is 0. The molecule has 0 spiro atoms. The topological polar surface area (TPSA) is 55.2 Å². The molecule has 3 aromatic rings. The number of anilines is 1. The van der Waals surface area contributed by atoms with E-state index in [-0.39, 0.29) is 11.5 Å². The molecule has 1 amide bonds. The zero-order chi connectivity index (χ0) is 19.6. The van der Waals surface area contributed by atoms with Gasteiger partial charge in [0.05, 0.1) is 16.6 Å². The second kappa shape index (κ2) is 8.05. The van der Waals surface area contributed by atoms with Crippen molar-refractivity contribution in [3.8, 4) is 0 Å². The second-order valence-corrected chi connectivity index (χ2v) is 7.72. The van der Waals surface area contributed by atoms with Crippen LogP contribution in [0, 0.1) is 13.8 Å². The minimum Gasteiger partial charge on any atom is -0.308 e. The zero-order valence-corrected chi connectivity index (χ0v) is 17.1. The minimum absolute atomic E-state index is 0.0557. The van der Waals surface area contributed by atoms with Crippen LogP contribution in [0.4, 0.5) is 5.69 Å². The fourth-order valence-electron chi connectivity index (χ4n) is 3.21. The van der Waals surface area contributed by atoms with Crippen LogP contribution in [0.25, 0.3) is 10.2 Å². The largest absolute Gasteiger partial charge is 0.308 e. The number of nitrogens with zero attached hydrogens (tertiary/aromatic N) is 3. The van der Waals surface area contributed by atoms with E-state index in [1.165, 1.54) is 11.3 Å². The monoisotopic (exact) mass is 383 g/mol. The summed E-state index contributed by atoms with van der Waals surface area (Å²) in [5, 5.41) is 0.572. The summed E-state index contributed by atoms with van der Waals surface area (Å²) in [4.78, 5) is 33.5. The molecule has 0 saturated heterocycles. The van der Waals surface area contributed by atoms with E-state index in [2.05, 4.69) is 11.9 Å². The Morgan fingerprint density at radius 2 is 2.04 bits per heavy atom. The number of aryl methyl sites for hydroxylation is 3. The molecule has 142 valence electrons. The van der Waals surface area contributed by atoms with Gasteiger partial charge in [0.1, 0.15) is 4.83 Å². The third kappa shape index (κ3) is 3.67. The van der Waals surface area contributed by atoms with Crippen LogP contribution in [0.2, 0.25) is 0 Å². The second-order valence-electron chi connectivity index (χ2n) is 6.72. The highest BCUT2D eigenvalue weighted by Crippen LogP contribution is 2.29. The van der Waals surface area contributed by atoms with Crippen molar-refractivity contribution in [2.75, 3.05) is 11.4 Å². The van der Waals surface area contributed by atoms with Gasteiger partial charge in [0, 0.05) is 18.8 Å². The molecule has 0 aliphatic carbocycles. The van der Waals surface area contributed by atoms with Crippen LogP contribution < -0.4 is 10.5 Å². The van der Waals surface area contributed by atoms with Gasteiger partial charge in [-0.05, 0) is 50.5 Å². The summed E-state index contributed by atoms with van der Waals surface area (Å²) in [6.45, 7) is 9.12. The van der Waals surface area contributed by atoms with Crippen LogP contribution in [0.5, 0.6) is 0 Å². The molecule has 2 heterocycles. The molecule has 0 unspecified atom stereocenters. The van der Waals surface area contributed by atoms with E-state index in [0.717, 1.165) is 29.7 Å². The van der Waals surface area contributed by atoms with Gasteiger partial charge in [-0.15, -0.1) is 11.3 Å². The number of hydrogen-bond donors (Lipinski definition) is 0. The first kappa shape index (κ1) is 19.3. The number of carbonyl (C=O) groups is 1. The molecule has 0 bridgehead atoms. The number of fused-ring (bicyclic) bond motifs is 1. The van der Waals surface area contributed by atoms with E-state index in [1.807, 2.05) is 45.0 Å². The fraction of sp³-hybridized carbons (Fsp3) is 0.381. The lowest BCUT2D eigenvalue weighted by Gasteiger charge is -2.21. The Bertz CT molecular complexity index is 1040. The van der Waals surface area contributed by atoms with Crippen LogP contribution in [0.1, 0.15) is 47.5 Å². The van der Waals surface area contributed by atoms with Gasteiger partial charge in [-0.3, -0.25) is 14.2 Å². The number of aromatic nitrogens is 2. The smallest absolute Gasteiger partial charge is 0.268 e. The maximum Gasteiger partial charge on any atom is 0.268 e. The number of hydrogen-bond acceptors (Lipinski definition) is 4. The molecular weight excluding hydrogens is 358 g/mol. The van der Waals surface area contributed by atoms with Gasteiger partial charge in [-0.25, -0.2) is 4.98 Å². The molecule has 0 N–H and O–H groups in total. The summed E-state index contributed by atoms with van der Waals surface area (Å²) in [5.74, 6) is -0.0805. The van der Waals surface area contributed by atoms with Crippen molar-refractivity contribution < 1.29 is 4.79 Å². The van der Waals surface area contributed by atoms with Crippen molar-refractivity contribution in [2.45, 2.75) is 47.1 Å². The number of rotatable bonds is 6. The normalized spacial score (nSPS) is 11.1. The summed E-state index contributed by atoms with van der Waals surface area (Å²) in [6, 6.07) is 7.90. The SMILES string of the molecule is CCCCn1cnc2sc(C(=O)N(CC)c3cccc(C)c3)c(C)c2c1=O. The van der Waals surface area contributed by atoms with Gasteiger partial charge in [0.15, 0.2) is 0 Å². The van der Waals surface area contributed by atoms with E-state index in [4.69, 9.17) is 0 Å². The summed E-state index contributed by atoms with van der Waals surface area (Å²) >= 11 is 1.31. The Labute approximate surface area is 163 Å². The lowest BCUT2D eigenvalue weighted by molar-refractivity contribution is 0.0991. The molecule has 0 saturated carbocycles. The van der Waals surface area contributed by atoms with Gasteiger partial charge < -0.3 is 4.90 Å². The van der Waals surface area contributed by atoms with Crippen molar-refractivity contribution in [1.29, 1.82) is 0 Å². The average Bonchev–Trinajstić information content (AvgIpc) is 2.99. The molecule has 0 aliphatic heterocycles. The van der Waals surface area contributed by atoms with Crippen LogP contribution in [0.15, 0.2) is 35.4 Å². The number of thiophene rings is 1. The Balaban J connectivity index is 2.05. The van der Waals surface area contributed by atoms with E-state index < -0.39 is 0 Å². The van der Waals surface area contributed by atoms with Gasteiger partial charge in [-0.1, -0.05) is 25.5 Å². The molecule has 0 aliphatic rings. The van der Waals surface area contributed by atoms with Crippen molar-refractivity contribution in [2.24, 2.45) is 0 Å². The van der Waals surface area contributed by atoms with Crippen LogP contribution in [-0.2, 0) is 6.54 Å². The highest BCUT2D eigenvalue weighted by Gasteiger charge is 2.24. The van der Waals surface area contributed by atoms with Gasteiger partial charge >= 0.3 is 0 Å². The molecule has 2 aromatic heterocycles. The predicted octanol–water partition coefficient (Wildman–Crippen LogP) is 4.54. The number of amides is 1. The quantitative estimate of drug-likeness (QED) is 0.628. The van der Waals surface area contributed by atoms with Crippen molar-refractivity contribution in [3.05, 3.63) is 57.0 Å². The Morgan fingerprint density at radius 1 is 1.26 bits per heavy atom. The average molecular weight is 384 g/mol. The summed E-state index contributed by atoms with van der Waals surface area (Å²) in [5.41, 5.74) is 2.65. The maximum atomic E-state index is 13.2. The Kier molecular flexibility index (Phi) is 5.75. The molecule has 3 rings (SSSR count). The standard InChI is InChI=1S/C21H25N3O2S/c1-5-7-11-23-13-22-19-17(20(23)25)15(4)18(27-19)21(26)24(6-2)16-10-8-9-14(3)12-16/h8-10,12-13H,5-7,11H2,1-4H3. The summed E-state index contributed by atoms with van der Waals surface area (Å²) < 4.78 is 1.65. The first-order chi connectivity index (χ1) is 13.0. The van der Waals surface area contributed by atoms with Crippen LogP contribution >= 0.6 is 11.3 Å². The maximum absolute atomic E-state index is 13.2. The molecule has 1 aromatic carbocycles. The fourth-order valence-corrected chi connectivity index (χ4v) is 4.30. The Morgan fingerprint density at radius 3 is 2.70 bits per heavy atom. The first-order valence-electron chi connectivity index (χ1n) is 9.35. The van der Waals surface area contributed by atoms with Crippen molar-refractivity contribution >= 4 is 33.1 Å². The summed E-state index contributed by atoms with van der Waals surface area (Å²) in [6.07, 6.45) is 3.54. The van der Waals surface area contributed by atoms with Crippen LogP contribution in [0.3, 0.4) is 0 Å². The Hall–Kier alpha value is -2.47. The molecule has 0 atom stereocenters. The zero-order valence-electron chi connectivity index (χ0n) is 16.3. The minimum atomic E-state index is -0.0805. The highest BCUT2D eigenvalue weighted by atomic mass is 32.1. The van der Waals surface area contributed by atoms with Gasteiger partial charge in [-0.2, -0.15) is 0 Å². The predicted molar refractivity (Wildman–Crippen MR) is 112 cm³/mol. The number of carbonyl (C=O) groups excluding carboxylic acids is 1. The van der Waals surface area contributed by atoms with E-state index in [9.17, 15) is 9.59 Å². The molecule has 27 heavy (non-hydrogen) atoms.